The molecule has 0 saturated heterocycles. The van der Waals surface area contributed by atoms with Crippen molar-refractivity contribution in [3.63, 3.8) is 0 Å². The van der Waals surface area contributed by atoms with Gasteiger partial charge in [-0.1, -0.05) is 12.2 Å². The highest BCUT2D eigenvalue weighted by Gasteiger charge is 2.66. The molecule has 158 valence electrons. The van der Waals surface area contributed by atoms with Crippen molar-refractivity contribution in [3.8, 4) is 0 Å². The van der Waals surface area contributed by atoms with Crippen LogP contribution in [0.4, 0.5) is 26.3 Å². The summed E-state index contributed by atoms with van der Waals surface area (Å²) in [7, 11) is 0. The maximum Gasteiger partial charge on any atom is 0.466 e. The largest absolute Gasteiger partial charge is 0.466 e. The average molecular weight is 414 g/mol. The molecule has 2 saturated carbocycles. The monoisotopic (exact) mass is 414 g/mol. The lowest BCUT2D eigenvalue weighted by Crippen LogP contribution is -2.51. The van der Waals surface area contributed by atoms with Gasteiger partial charge in [-0.2, -0.15) is 17.6 Å². The lowest BCUT2D eigenvalue weighted by atomic mass is 9.98. The minimum atomic E-state index is -6.10. The number of allylic oxidation sites excluding steroid dienone is 2. The van der Waals surface area contributed by atoms with Gasteiger partial charge in [-0.15, -0.1) is 0 Å². The molecular formula is C18H20F6O4. The Balaban J connectivity index is 1.99. The number of alkyl halides is 6. The molecule has 2 bridgehead atoms. The van der Waals surface area contributed by atoms with Crippen LogP contribution in [0.3, 0.4) is 0 Å². The molecule has 2 fully saturated rings. The summed E-state index contributed by atoms with van der Waals surface area (Å²) in [5.41, 5.74) is -0.551. The highest BCUT2D eigenvalue weighted by Crippen LogP contribution is 2.46. The molecule has 0 spiro atoms. The average Bonchev–Trinajstić information content (AvgIpc) is 3.20. The van der Waals surface area contributed by atoms with Crippen LogP contribution in [0.15, 0.2) is 23.3 Å². The first-order valence-electron chi connectivity index (χ1n) is 8.68. The number of hydrogen-bond donors (Lipinski definition) is 0. The van der Waals surface area contributed by atoms with E-state index in [4.69, 9.17) is 4.74 Å². The van der Waals surface area contributed by atoms with Crippen molar-refractivity contribution in [1.29, 1.82) is 0 Å². The van der Waals surface area contributed by atoms with Crippen LogP contribution in [0.5, 0.6) is 0 Å². The first-order valence-corrected chi connectivity index (χ1v) is 8.68. The maximum atomic E-state index is 13.4. The molecule has 0 aliphatic heterocycles. The van der Waals surface area contributed by atoms with Crippen LogP contribution in [-0.2, 0) is 19.1 Å². The lowest BCUT2D eigenvalue weighted by Gasteiger charge is -2.26. The number of hydrogen-bond acceptors (Lipinski definition) is 4. The van der Waals surface area contributed by atoms with Gasteiger partial charge < -0.3 is 9.47 Å². The summed E-state index contributed by atoms with van der Waals surface area (Å²) in [5, 5.41) is 0. The van der Waals surface area contributed by atoms with Crippen LogP contribution in [0.2, 0.25) is 0 Å². The predicted octanol–water partition coefficient (Wildman–Crippen LogP) is 4.65. The minimum absolute atomic E-state index is 0.0473. The van der Waals surface area contributed by atoms with Crippen LogP contribution in [0, 0.1) is 11.8 Å². The maximum absolute atomic E-state index is 13.4. The Bertz CT molecular complexity index is 684. The van der Waals surface area contributed by atoms with Crippen LogP contribution < -0.4 is 0 Å². The van der Waals surface area contributed by atoms with E-state index < -0.39 is 36.0 Å². The second kappa shape index (κ2) is 8.16. The predicted molar refractivity (Wildman–Crippen MR) is 84.8 cm³/mol. The van der Waals surface area contributed by atoms with Crippen molar-refractivity contribution in [2.75, 3.05) is 0 Å². The molecule has 0 heterocycles. The summed E-state index contributed by atoms with van der Waals surface area (Å²) in [5.74, 6) is -7.13. The Kier molecular flexibility index (Phi) is 6.50. The number of carbonyl (C=O) groups is 2. The summed E-state index contributed by atoms with van der Waals surface area (Å²) in [6.07, 6.45) is -5.05. The molecule has 4 nitrogen and oxygen atoms in total. The standard InChI is InChI=1S/C18H20F6O4/c1-9(14(25)27-13-8-11-5-6-12(13)7-11)3-4-10(2)15(26)28-17(21,16(19)20)18(22,23)24/h3-4,11-13,16H,5-8H2,1-2H3/b9-3+,10-4+. The normalized spacial score (nSPS) is 27.7. The topological polar surface area (TPSA) is 52.6 Å². The molecule has 0 amide bonds. The summed E-state index contributed by atoms with van der Waals surface area (Å²) in [4.78, 5) is 23.6. The molecule has 0 radical (unpaired) electrons. The Morgan fingerprint density at radius 3 is 1.96 bits per heavy atom. The number of rotatable bonds is 6. The van der Waals surface area contributed by atoms with E-state index >= 15 is 0 Å². The number of ether oxygens (including phenoxy) is 2. The zero-order valence-electron chi connectivity index (χ0n) is 15.2. The Hall–Kier alpha value is -2.00. The molecule has 4 unspecified atom stereocenters. The van der Waals surface area contributed by atoms with Crippen LogP contribution in [-0.4, -0.2) is 36.5 Å². The van der Waals surface area contributed by atoms with E-state index in [9.17, 15) is 35.9 Å². The number of esters is 2. The van der Waals surface area contributed by atoms with E-state index in [0.29, 0.717) is 11.8 Å². The summed E-state index contributed by atoms with van der Waals surface area (Å²) >= 11 is 0. The fourth-order valence-corrected chi connectivity index (χ4v) is 3.39. The van der Waals surface area contributed by atoms with Crippen molar-refractivity contribution in [2.45, 2.75) is 64.1 Å². The van der Waals surface area contributed by atoms with E-state index in [2.05, 4.69) is 4.74 Å². The van der Waals surface area contributed by atoms with Gasteiger partial charge in [0.25, 0.3) is 0 Å². The van der Waals surface area contributed by atoms with E-state index in [1.54, 1.807) is 0 Å². The number of fused-ring (bicyclic) bond motifs is 2. The molecule has 0 N–H and O–H groups in total. The summed E-state index contributed by atoms with van der Waals surface area (Å²) < 4.78 is 84.3. The summed E-state index contributed by atoms with van der Waals surface area (Å²) in [6, 6.07) is 0. The second-order valence-electron chi connectivity index (χ2n) is 7.15. The molecule has 0 aromatic heterocycles. The van der Waals surface area contributed by atoms with Gasteiger partial charge in [0.2, 0.25) is 0 Å². The van der Waals surface area contributed by atoms with E-state index in [1.807, 2.05) is 0 Å². The third kappa shape index (κ3) is 4.70. The molecule has 0 aromatic rings. The van der Waals surface area contributed by atoms with Gasteiger partial charge in [-0.3, -0.25) is 0 Å². The highest BCUT2D eigenvalue weighted by molar-refractivity contribution is 5.90. The molecule has 28 heavy (non-hydrogen) atoms. The Labute approximate surface area is 157 Å². The number of carbonyl (C=O) groups excluding carboxylic acids is 2. The SMILES string of the molecule is C/C(=C\C=C(/C)C(=O)OC(F)(C(F)F)C(F)(F)F)C(=O)OC1CC2CCC1C2. The van der Waals surface area contributed by atoms with Crippen molar-refractivity contribution >= 4 is 11.9 Å². The van der Waals surface area contributed by atoms with Gasteiger partial charge in [0, 0.05) is 11.1 Å². The first kappa shape index (κ1) is 22.3. The van der Waals surface area contributed by atoms with Crippen molar-refractivity contribution in [1.82, 2.24) is 0 Å². The quantitative estimate of drug-likeness (QED) is 0.275. The zero-order chi connectivity index (χ0) is 21.3. The highest BCUT2D eigenvalue weighted by atomic mass is 19.4. The first-order chi connectivity index (χ1) is 12.8. The van der Waals surface area contributed by atoms with Gasteiger partial charge in [0.1, 0.15) is 6.10 Å². The molecular weight excluding hydrogens is 394 g/mol. The molecule has 4 atom stereocenters. The van der Waals surface area contributed by atoms with Crippen molar-refractivity contribution in [2.24, 2.45) is 11.8 Å². The molecule has 2 aliphatic rings. The molecule has 2 aliphatic carbocycles. The third-order valence-electron chi connectivity index (χ3n) is 5.07. The van der Waals surface area contributed by atoms with E-state index in [-0.39, 0.29) is 11.7 Å². The fourth-order valence-electron chi connectivity index (χ4n) is 3.39. The van der Waals surface area contributed by atoms with E-state index in [1.165, 1.54) is 6.92 Å². The van der Waals surface area contributed by atoms with Crippen molar-refractivity contribution in [3.05, 3.63) is 23.3 Å². The van der Waals surface area contributed by atoms with Gasteiger partial charge in [-0.05, 0) is 51.4 Å². The van der Waals surface area contributed by atoms with Gasteiger partial charge in [0.15, 0.2) is 0 Å². The zero-order valence-corrected chi connectivity index (χ0v) is 15.2. The molecule has 0 aromatic carbocycles. The van der Waals surface area contributed by atoms with Crippen LogP contribution >= 0.6 is 0 Å². The van der Waals surface area contributed by atoms with E-state index in [0.717, 1.165) is 44.8 Å². The van der Waals surface area contributed by atoms with Crippen LogP contribution in [0.25, 0.3) is 0 Å². The third-order valence-corrected chi connectivity index (χ3v) is 5.07. The molecule has 2 rings (SSSR count). The minimum Gasteiger partial charge on any atom is -0.459 e. The van der Waals surface area contributed by atoms with Gasteiger partial charge >= 0.3 is 30.4 Å². The lowest BCUT2D eigenvalue weighted by molar-refractivity contribution is -0.354. The second-order valence-corrected chi connectivity index (χ2v) is 7.15. The number of halogens is 6. The smallest absolute Gasteiger partial charge is 0.459 e. The fraction of sp³-hybridized carbons (Fsp3) is 0.667. The Morgan fingerprint density at radius 1 is 0.964 bits per heavy atom. The van der Waals surface area contributed by atoms with Gasteiger partial charge in [0.05, 0.1) is 0 Å². The Morgan fingerprint density at radius 2 is 1.54 bits per heavy atom. The summed E-state index contributed by atoms with van der Waals surface area (Å²) in [6.45, 7) is 2.30. The molecule has 10 heteroatoms. The van der Waals surface area contributed by atoms with Gasteiger partial charge in [-0.25, -0.2) is 18.4 Å². The van der Waals surface area contributed by atoms with Crippen molar-refractivity contribution < 1.29 is 45.4 Å². The van der Waals surface area contributed by atoms with Crippen LogP contribution in [0.1, 0.15) is 39.5 Å².